The molecule has 0 aliphatic rings. The van der Waals surface area contributed by atoms with Gasteiger partial charge in [-0.05, 0) is 20.3 Å². The van der Waals surface area contributed by atoms with Crippen LogP contribution in [0, 0.1) is 0 Å². The van der Waals surface area contributed by atoms with Crippen LogP contribution in [0.25, 0.3) is 0 Å². The first kappa shape index (κ1) is 30.1. The van der Waals surface area contributed by atoms with Crippen LogP contribution in [0.2, 0.25) is 0 Å². The average Bonchev–Trinajstić information content (AvgIpc) is 2.58. The molecular formula is C19H35Cl3O6. The third-order valence-corrected chi connectivity index (χ3v) is 5.23. The van der Waals surface area contributed by atoms with Crippen molar-refractivity contribution in [2.45, 2.75) is 100 Å². The van der Waals surface area contributed by atoms with Crippen LogP contribution in [0.5, 0.6) is 0 Å². The van der Waals surface area contributed by atoms with Crippen molar-refractivity contribution in [3.63, 3.8) is 0 Å². The summed E-state index contributed by atoms with van der Waals surface area (Å²) in [6, 6.07) is 0. The zero-order valence-corrected chi connectivity index (χ0v) is 19.3. The molecule has 6 nitrogen and oxygen atoms in total. The van der Waals surface area contributed by atoms with Crippen LogP contribution < -0.4 is 0 Å². The lowest BCUT2D eigenvalue weighted by atomic mass is 10.1. The molecule has 1 atom stereocenters. The second-order valence-corrected chi connectivity index (χ2v) is 9.41. The van der Waals surface area contributed by atoms with Crippen LogP contribution in [0.3, 0.4) is 0 Å². The Kier molecular flexibility index (Phi) is 17.9. The standard InChI is InChI=1S/C15H28O5.C4H7Cl3O/c1-2-3-4-5-6-7-8-9-10-11-14(18)20-15(19)13(17)12-16;1-3(2,8)4(5,6)7/h13,16-17H,2-12H2,1H3;8H,1-2H3. The van der Waals surface area contributed by atoms with Crippen LogP contribution in [0.1, 0.15) is 85.0 Å². The molecule has 0 saturated carbocycles. The molecule has 0 spiro atoms. The number of esters is 2. The van der Waals surface area contributed by atoms with E-state index in [4.69, 9.17) is 50.1 Å². The maximum atomic E-state index is 11.2. The molecule has 9 heteroatoms. The van der Waals surface area contributed by atoms with E-state index < -0.39 is 34.0 Å². The molecule has 0 aliphatic carbocycles. The van der Waals surface area contributed by atoms with E-state index in [0.717, 1.165) is 12.8 Å². The number of unbranched alkanes of at least 4 members (excludes halogenated alkanes) is 8. The topological polar surface area (TPSA) is 104 Å². The van der Waals surface area contributed by atoms with Crippen molar-refractivity contribution >= 4 is 46.7 Å². The number of hydrogen-bond donors (Lipinski definition) is 3. The van der Waals surface area contributed by atoms with E-state index in [2.05, 4.69) is 11.7 Å². The Morgan fingerprint density at radius 2 is 1.32 bits per heavy atom. The number of aliphatic hydroxyl groups excluding tert-OH is 2. The highest BCUT2D eigenvalue weighted by molar-refractivity contribution is 6.68. The third kappa shape index (κ3) is 18.0. The van der Waals surface area contributed by atoms with Gasteiger partial charge < -0.3 is 20.1 Å². The molecule has 168 valence electrons. The van der Waals surface area contributed by atoms with Crippen LogP contribution in [0.4, 0.5) is 0 Å². The molecule has 0 radical (unpaired) electrons. The molecule has 1 unspecified atom stereocenters. The number of ether oxygens (including phenoxy) is 1. The van der Waals surface area contributed by atoms with Crippen molar-refractivity contribution in [1.82, 2.24) is 0 Å². The molecule has 0 rings (SSSR count). The molecule has 3 N–H and O–H groups in total. The van der Waals surface area contributed by atoms with E-state index in [9.17, 15) is 9.59 Å². The van der Waals surface area contributed by atoms with Gasteiger partial charge in [-0.1, -0.05) is 93.1 Å². The number of hydrogen-bond acceptors (Lipinski definition) is 6. The predicted molar refractivity (Wildman–Crippen MR) is 113 cm³/mol. The molecule has 0 heterocycles. The van der Waals surface area contributed by atoms with E-state index >= 15 is 0 Å². The number of alkyl halides is 3. The van der Waals surface area contributed by atoms with Gasteiger partial charge in [-0.15, -0.1) is 0 Å². The largest absolute Gasteiger partial charge is 0.393 e. The first-order valence-electron chi connectivity index (χ1n) is 9.69. The normalized spacial score (nSPS) is 12.8. The quantitative estimate of drug-likeness (QED) is 0.170. The first-order valence-corrected chi connectivity index (χ1v) is 10.8. The van der Waals surface area contributed by atoms with Gasteiger partial charge >= 0.3 is 11.9 Å². The molecule has 28 heavy (non-hydrogen) atoms. The highest BCUT2D eigenvalue weighted by atomic mass is 35.6. The Bertz CT molecular complexity index is 407. The highest BCUT2D eigenvalue weighted by Gasteiger charge is 2.38. The molecule has 0 bridgehead atoms. The summed E-state index contributed by atoms with van der Waals surface area (Å²) in [5.74, 6) is -1.71. The summed E-state index contributed by atoms with van der Waals surface area (Å²) in [6.07, 6.45) is 8.85. The summed E-state index contributed by atoms with van der Waals surface area (Å²) in [4.78, 5) is 22.2. The first-order chi connectivity index (χ1) is 12.9. The lowest BCUT2D eigenvalue weighted by molar-refractivity contribution is -0.167. The summed E-state index contributed by atoms with van der Waals surface area (Å²) in [6.45, 7) is 4.33. The van der Waals surface area contributed by atoms with Gasteiger partial charge in [-0.25, -0.2) is 4.79 Å². The minimum Gasteiger partial charge on any atom is -0.393 e. The maximum absolute atomic E-state index is 11.2. The Hall–Kier alpha value is -0.110. The van der Waals surface area contributed by atoms with Crippen LogP contribution >= 0.6 is 34.8 Å². The molecule has 0 saturated heterocycles. The van der Waals surface area contributed by atoms with Gasteiger partial charge in [-0.3, -0.25) is 4.79 Å². The molecular weight excluding hydrogens is 431 g/mol. The molecule has 0 aromatic carbocycles. The number of carbonyl (C=O) groups excluding carboxylic acids is 2. The third-order valence-electron chi connectivity index (χ3n) is 3.84. The van der Waals surface area contributed by atoms with E-state index in [1.807, 2.05) is 0 Å². The fraction of sp³-hybridized carbons (Fsp3) is 0.895. The smallest absolute Gasteiger partial charge is 0.345 e. The fourth-order valence-electron chi connectivity index (χ4n) is 1.89. The molecule has 0 aromatic rings. The zero-order valence-electron chi connectivity index (χ0n) is 17.1. The van der Waals surface area contributed by atoms with Gasteiger partial charge in [-0.2, -0.15) is 0 Å². The number of rotatable bonds is 12. The van der Waals surface area contributed by atoms with Crippen molar-refractivity contribution in [2.24, 2.45) is 0 Å². The second kappa shape index (κ2) is 16.7. The van der Waals surface area contributed by atoms with Crippen LogP contribution in [-0.2, 0) is 14.3 Å². The van der Waals surface area contributed by atoms with Crippen LogP contribution in [-0.4, -0.2) is 49.4 Å². The average molecular weight is 466 g/mol. The van der Waals surface area contributed by atoms with E-state index in [-0.39, 0.29) is 6.42 Å². The van der Waals surface area contributed by atoms with E-state index in [1.54, 1.807) is 0 Å². The minimum absolute atomic E-state index is 0.180. The second-order valence-electron chi connectivity index (χ2n) is 7.13. The van der Waals surface area contributed by atoms with Crippen molar-refractivity contribution in [1.29, 1.82) is 0 Å². The SMILES string of the molecule is CC(C)(O)C(Cl)(Cl)Cl.CCCCCCCCCCCC(=O)OC(=O)C(O)CO. The van der Waals surface area contributed by atoms with E-state index in [1.165, 1.54) is 52.4 Å². The van der Waals surface area contributed by atoms with Crippen LogP contribution in [0.15, 0.2) is 0 Å². The maximum Gasteiger partial charge on any atom is 0.345 e. The summed E-state index contributed by atoms with van der Waals surface area (Å²) < 4.78 is 2.80. The van der Waals surface area contributed by atoms with Crippen molar-refractivity contribution in [3.05, 3.63) is 0 Å². The minimum atomic E-state index is -1.62. The lowest BCUT2D eigenvalue weighted by Gasteiger charge is -2.25. The number of halogens is 3. The summed E-state index contributed by atoms with van der Waals surface area (Å²) >= 11 is 15.9. The summed E-state index contributed by atoms with van der Waals surface area (Å²) in [5, 5.41) is 26.4. The highest BCUT2D eigenvalue weighted by Crippen LogP contribution is 2.37. The molecule has 0 aromatic heterocycles. The van der Waals surface area contributed by atoms with Gasteiger partial charge in [0.15, 0.2) is 6.10 Å². The van der Waals surface area contributed by atoms with Crippen molar-refractivity contribution in [3.8, 4) is 0 Å². The van der Waals surface area contributed by atoms with Gasteiger partial charge in [0.2, 0.25) is 3.79 Å². The van der Waals surface area contributed by atoms with Crippen molar-refractivity contribution < 1.29 is 29.6 Å². The number of aliphatic hydroxyl groups is 3. The fourth-order valence-corrected chi connectivity index (χ4v) is 1.89. The Morgan fingerprint density at radius 1 is 0.929 bits per heavy atom. The summed E-state index contributed by atoms with van der Waals surface area (Å²) in [5.41, 5.74) is -1.27. The molecule has 0 fully saturated rings. The Morgan fingerprint density at radius 3 is 1.68 bits per heavy atom. The zero-order chi connectivity index (χ0) is 22.2. The Balaban J connectivity index is 0. The number of carbonyl (C=O) groups is 2. The molecule has 0 aliphatic heterocycles. The van der Waals surface area contributed by atoms with Gasteiger partial charge in [0.05, 0.1) is 6.61 Å². The van der Waals surface area contributed by atoms with Gasteiger partial charge in [0, 0.05) is 6.42 Å². The molecule has 0 amide bonds. The van der Waals surface area contributed by atoms with Crippen molar-refractivity contribution in [2.75, 3.05) is 6.61 Å². The Labute approximate surface area is 183 Å². The van der Waals surface area contributed by atoms with Gasteiger partial charge in [0.1, 0.15) is 5.60 Å². The lowest BCUT2D eigenvalue weighted by Crippen LogP contribution is -2.35. The summed E-state index contributed by atoms with van der Waals surface area (Å²) in [7, 11) is 0. The predicted octanol–water partition coefficient (Wildman–Crippen LogP) is 4.46. The van der Waals surface area contributed by atoms with E-state index in [0.29, 0.717) is 6.42 Å². The van der Waals surface area contributed by atoms with Gasteiger partial charge in [0.25, 0.3) is 0 Å². The monoisotopic (exact) mass is 464 g/mol.